The molecule has 0 aliphatic heterocycles. The Morgan fingerprint density at radius 1 is 1.71 bits per heavy atom. The summed E-state index contributed by atoms with van der Waals surface area (Å²) in [6.07, 6.45) is 1.54. The molecule has 0 fully saturated rings. The van der Waals surface area contributed by atoms with Gasteiger partial charge in [0.15, 0.2) is 0 Å². The van der Waals surface area contributed by atoms with Crippen molar-refractivity contribution in [3.63, 3.8) is 0 Å². The minimum Gasteiger partial charge on any atom is -0.296 e. The van der Waals surface area contributed by atoms with E-state index in [-0.39, 0.29) is 5.56 Å². The highest BCUT2D eigenvalue weighted by Gasteiger charge is 2.08. The van der Waals surface area contributed by atoms with Crippen molar-refractivity contribution in [3.8, 4) is 0 Å². The van der Waals surface area contributed by atoms with Crippen LogP contribution in [0.15, 0.2) is 15.5 Å². The van der Waals surface area contributed by atoms with Gasteiger partial charge in [-0.05, 0) is 34.5 Å². The van der Waals surface area contributed by atoms with Gasteiger partial charge in [-0.2, -0.15) is 12.6 Å². The van der Waals surface area contributed by atoms with Gasteiger partial charge >= 0.3 is 0 Å². The van der Waals surface area contributed by atoms with E-state index in [1.807, 2.05) is 6.92 Å². The van der Waals surface area contributed by atoms with E-state index in [1.165, 1.54) is 0 Å². The predicted octanol–water partition coefficient (Wildman–Crippen LogP) is 1.88. The summed E-state index contributed by atoms with van der Waals surface area (Å²) in [6, 6.07) is 0. The summed E-state index contributed by atoms with van der Waals surface area (Å²) >= 11 is 7.37. The molecule has 1 unspecified atom stereocenters. The Labute approximate surface area is 97.1 Å². The molecule has 0 aromatic carbocycles. The molecule has 0 bridgehead atoms. The van der Waals surface area contributed by atoms with Crippen LogP contribution in [0.4, 0.5) is 0 Å². The van der Waals surface area contributed by atoms with E-state index in [0.717, 1.165) is 11.6 Å². The van der Waals surface area contributed by atoms with E-state index in [4.69, 9.17) is 0 Å². The summed E-state index contributed by atoms with van der Waals surface area (Å²) in [5, 5.41) is 0. The van der Waals surface area contributed by atoms with Crippen LogP contribution in [0.3, 0.4) is 0 Å². The molecule has 0 radical (unpaired) electrons. The van der Waals surface area contributed by atoms with Crippen LogP contribution in [0.2, 0.25) is 0 Å². The van der Waals surface area contributed by atoms with Crippen molar-refractivity contribution in [2.45, 2.75) is 20.4 Å². The molecule has 0 saturated carbocycles. The molecular weight excluding hydrogens is 264 g/mol. The molecule has 0 amide bonds. The van der Waals surface area contributed by atoms with Crippen LogP contribution in [-0.2, 0) is 6.54 Å². The fraction of sp³-hybridized carbons (Fsp3) is 0.556. The summed E-state index contributed by atoms with van der Waals surface area (Å²) in [4.78, 5) is 15.8. The lowest BCUT2D eigenvalue weighted by molar-refractivity contribution is 0.500. The van der Waals surface area contributed by atoms with Gasteiger partial charge < -0.3 is 0 Å². The van der Waals surface area contributed by atoms with Gasteiger partial charge in [0.25, 0.3) is 5.56 Å². The summed E-state index contributed by atoms with van der Waals surface area (Å²) in [6.45, 7) is 4.56. The molecular formula is C9H13BrN2OS. The number of nitrogens with zero attached hydrogens (tertiary/aromatic N) is 2. The maximum Gasteiger partial charge on any atom is 0.267 e. The fourth-order valence-electron chi connectivity index (χ4n) is 1.14. The molecule has 3 nitrogen and oxygen atoms in total. The molecule has 0 N–H and O–H groups in total. The van der Waals surface area contributed by atoms with E-state index in [9.17, 15) is 4.79 Å². The summed E-state index contributed by atoms with van der Waals surface area (Å²) in [5.41, 5.74) is -0.0221. The number of hydrogen-bond acceptors (Lipinski definition) is 3. The van der Waals surface area contributed by atoms with Gasteiger partial charge in [0.05, 0.1) is 0 Å². The molecule has 1 aromatic heterocycles. The standard InChI is InChI=1S/C9H13BrN2OS/c1-6(5-14)4-12-7(2)11-3-8(10)9(12)13/h3,6,14H,4-5H2,1-2H3. The first-order valence-corrected chi connectivity index (χ1v) is 5.81. The van der Waals surface area contributed by atoms with Crippen LogP contribution in [0.1, 0.15) is 12.7 Å². The SMILES string of the molecule is Cc1ncc(Br)c(=O)n1CC(C)CS. The van der Waals surface area contributed by atoms with E-state index in [2.05, 4.69) is 40.5 Å². The number of hydrogen-bond donors (Lipinski definition) is 1. The largest absolute Gasteiger partial charge is 0.296 e. The zero-order valence-corrected chi connectivity index (χ0v) is 10.7. The van der Waals surface area contributed by atoms with E-state index < -0.39 is 0 Å². The number of aryl methyl sites for hydroxylation is 1. The molecule has 0 aliphatic carbocycles. The number of rotatable bonds is 3. The lowest BCUT2D eigenvalue weighted by atomic mass is 10.2. The molecule has 0 spiro atoms. The topological polar surface area (TPSA) is 34.9 Å². The molecule has 0 saturated heterocycles. The third kappa shape index (κ3) is 2.60. The molecule has 1 rings (SSSR count). The first-order valence-electron chi connectivity index (χ1n) is 4.39. The zero-order valence-electron chi connectivity index (χ0n) is 8.20. The first kappa shape index (κ1) is 11.8. The quantitative estimate of drug-likeness (QED) is 0.856. The van der Waals surface area contributed by atoms with Gasteiger partial charge in [-0.1, -0.05) is 6.92 Å². The second-order valence-corrected chi connectivity index (χ2v) is 4.58. The van der Waals surface area contributed by atoms with Gasteiger partial charge in [0, 0.05) is 12.7 Å². The maximum atomic E-state index is 11.7. The highest BCUT2D eigenvalue weighted by Crippen LogP contribution is 2.05. The van der Waals surface area contributed by atoms with Crippen molar-refractivity contribution in [1.82, 2.24) is 9.55 Å². The van der Waals surface area contributed by atoms with Crippen molar-refractivity contribution in [2.75, 3.05) is 5.75 Å². The fourth-order valence-corrected chi connectivity index (χ4v) is 1.57. The molecule has 5 heteroatoms. The average Bonchev–Trinajstić information content (AvgIpc) is 2.18. The Balaban J connectivity index is 3.07. The Bertz CT molecular complexity index is 378. The van der Waals surface area contributed by atoms with Crippen LogP contribution in [0.25, 0.3) is 0 Å². The average molecular weight is 277 g/mol. The molecule has 14 heavy (non-hydrogen) atoms. The summed E-state index contributed by atoms with van der Waals surface area (Å²) < 4.78 is 2.18. The van der Waals surface area contributed by atoms with E-state index >= 15 is 0 Å². The minimum absolute atomic E-state index is 0.0221. The van der Waals surface area contributed by atoms with Gasteiger partial charge in [0.2, 0.25) is 0 Å². The van der Waals surface area contributed by atoms with Crippen LogP contribution in [0, 0.1) is 12.8 Å². The van der Waals surface area contributed by atoms with E-state index in [0.29, 0.717) is 16.9 Å². The van der Waals surface area contributed by atoms with E-state index in [1.54, 1.807) is 10.8 Å². The lowest BCUT2D eigenvalue weighted by Crippen LogP contribution is -2.27. The smallest absolute Gasteiger partial charge is 0.267 e. The molecule has 1 heterocycles. The third-order valence-electron chi connectivity index (χ3n) is 2.01. The highest BCUT2D eigenvalue weighted by atomic mass is 79.9. The Morgan fingerprint density at radius 3 is 2.93 bits per heavy atom. The highest BCUT2D eigenvalue weighted by molar-refractivity contribution is 9.10. The normalized spacial score (nSPS) is 12.9. The van der Waals surface area contributed by atoms with Crippen molar-refractivity contribution in [1.29, 1.82) is 0 Å². The molecule has 78 valence electrons. The Kier molecular flexibility index (Phi) is 4.19. The third-order valence-corrected chi connectivity index (χ3v) is 3.18. The van der Waals surface area contributed by atoms with Gasteiger partial charge in [-0.25, -0.2) is 4.98 Å². The molecule has 0 aliphatic rings. The van der Waals surface area contributed by atoms with Crippen molar-refractivity contribution < 1.29 is 0 Å². The van der Waals surface area contributed by atoms with Gasteiger partial charge in [-0.3, -0.25) is 9.36 Å². The van der Waals surface area contributed by atoms with Crippen LogP contribution in [0.5, 0.6) is 0 Å². The maximum absolute atomic E-state index is 11.7. The van der Waals surface area contributed by atoms with Crippen LogP contribution in [-0.4, -0.2) is 15.3 Å². The second kappa shape index (κ2) is 4.98. The first-order chi connectivity index (χ1) is 6.56. The lowest BCUT2D eigenvalue weighted by Gasteiger charge is -2.13. The van der Waals surface area contributed by atoms with Crippen molar-refractivity contribution >= 4 is 28.6 Å². The summed E-state index contributed by atoms with van der Waals surface area (Å²) in [5.74, 6) is 1.87. The van der Waals surface area contributed by atoms with Crippen molar-refractivity contribution in [3.05, 3.63) is 26.8 Å². The monoisotopic (exact) mass is 276 g/mol. The number of thiol groups is 1. The number of halogens is 1. The molecule has 1 aromatic rings. The van der Waals surface area contributed by atoms with Crippen molar-refractivity contribution in [2.24, 2.45) is 5.92 Å². The number of aromatic nitrogens is 2. The van der Waals surface area contributed by atoms with Gasteiger partial charge in [0.1, 0.15) is 10.3 Å². The predicted molar refractivity (Wildman–Crippen MR) is 64.0 cm³/mol. The van der Waals surface area contributed by atoms with Crippen LogP contribution >= 0.6 is 28.6 Å². The summed E-state index contributed by atoms with van der Waals surface area (Å²) in [7, 11) is 0. The van der Waals surface area contributed by atoms with Crippen LogP contribution < -0.4 is 5.56 Å². The molecule has 1 atom stereocenters. The Morgan fingerprint density at radius 2 is 2.36 bits per heavy atom. The van der Waals surface area contributed by atoms with Gasteiger partial charge in [-0.15, -0.1) is 0 Å². The minimum atomic E-state index is -0.0221. The zero-order chi connectivity index (χ0) is 10.7. The second-order valence-electron chi connectivity index (χ2n) is 3.36. The Hall–Kier alpha value is -0.290.